The number of hydrogen-bond acceptors (Lipinski definition) is 4. The molecule has 0 saturated heterocycles. The molecule has 0 N–H and O–H groups in total. The average molecular weight is 425 g/mol. The quantitative estimate of drug-likeness (QED) is 0.362. The molecule has 176 valence electrons. The van der Waals surface area contributed by atoms with Crippen LogP contribution >= 0.6 is 0 Å². The molecule has 0 amide bonds. The molecule has 0 aromatic rings. The van der Waals surface area contributed by atoms with Crippen LogP contribution in [0.25, 0.3) is 0 Å². The van der Waals surface area contributed by atoms with Crippen molar-refractivity contribution in [2.75, 3.05) is 13.2 Å². The van der Waals surface area contributed by atoms with Gasteiger partial charge in [0.05, 0.1) is 25.0 Å². The van der Waals surface area contributed by atoms with Crippen molar-refractivity contribution in [2.45, 2.75) is 107 Å². The summed E-state index contributed by atoms with van der Waals surface area (Å²) in [5.41, 5.74) is 0.593. The van der Waals surface area contributed by atoms with Crippen LogP contribution in [0.1, 0.15) is 107 Å². The molecular weight excluding hydrogens is 376 g/mol. The van der Waals surface area contributed by atoms with Crippen LogP contribution in [0, 0.1) is 34.5 Å². The van der Waals surface area contributed by atoms with Gasteiger partial charge in [-0.05, 0) is 67.6 Å². The Balaban J connectivity index is 2.33. The first-order chi connectivity index (χ1) is 13.8. The van der Waals surface area contributed by atoms with Crippen molar-refractivity contribution < 1.29 is 19.1 Å². The molecule has 0 bridgehead atoms. The highest BCUT2D eigenvalue weighted by atomic mass is 16.5. The molecule has 4 heteroatoms. The minimum absolute atomic E-state index is 0.130. The Hall–Kier alpha value is -1.06. The summed E-state index contributed by atoms with van der Waals surface area (Å²) < 4.78 is 11.1. The fourth-order valence-electron chi connectivity index (χ4n) is 4.87. The molecule has 1 rings (SSSR count). The van der Waals surface area contributed by atoms with E-state index in [1.54, 1.807) is 0 Å². The van der Waals surface area contributed by atoms with E-state index >= 15 is 0 Å². The van der Waals surface area contributed by atoms with E-state index in [4.69, 9.17) is 9.47 Å². The number of hydrogen-bond donors (Lipinski definition) is 0. The third-order valence-electron chi connectivity index (χ3n) is 5.97. The van der Waals surface area contributed by atoms with Gasteiger partial charge < -0.3 is 9.47 Å². The topological polar surface area (TPSA) is 52.6 Å². The summed E-state index contributed by atoms with van der Waals surface area (Å²) in [4.78, 5) is 25.0. The number of carbonyl (C=O) groups excluding carboxylic acids is 2. The summed E-state index contributed by atoms with van der Waals surface area (Å²) in [5, 5.41) is 0. The molecule has 0 spiro atoms. The van der Waals surface area contributed by atoms with Gasteiger partial charge >= 0.3 is 11.9 Å². The van der Waals surface area contributed by atoms with Crippen LogP contribution in [0.5, 0.6) is 0 Å². The van der Waals surface area contributed by atoms with Crippen molar-refractivity contribution >= 4 is 11.9 Å². The lowest BCUT2D eigenvalue weighted by atomic mass is 9.81. The van der Waals surface area contributed by atoms with Gasteiger partial charge in [-0.15, -0.1) is 0 Å². The third kappa shape index (κ3) is 12.0. The normalized spacial score (nSPS) is 22.3. The molecule has 0 aliphatic heterocycles. The zero-order valence-electron chi connectivity index (χ0n) is 21.0. The molecule has 4 nitrogen and oxygen atoms in total. The van der Waals surface area contributed by atoms with Crippen LogP contribution in [0.2, 0.25) is 0 Å². The summed E-state index contributed by atoms with van der Waals surface area (Å²) in [7, 11) is 0. The standard InChI is InChI=1S/C26H48O4/c1-19(17-25(3,4)5)12-14-29-23(27)21-10-9-11-22(16-21)24(28)30-15-13-20(2)18-26(6,7)8/h19-22H,9-18H2,1-8H3. The summed E-state index contributed by atoms with van der Waals surface area (Å²) in [5.74, 6) is 0.492. The molecule has 0 radical (unpaired) electrons. The van der Waals surface area contributed by atoms with Crippen LogP contribution in [0.15, 0.2) is 0 Å². The lowest BCUT2D eigenvalue weighted by Crippen LogP contribution is -2.30. The zero-order valence-corrected chi connectivity index (χ0v) is 21.0. The number of rotatable bonds is 10. The molecule has 0 heterocycles. The highest BCUT2D eigenvalue weighted by Crippen LogP contribution is 2.32. The van der Waals surface area contributed by atoms with Gasteiger partial charge in [-0.2, -0.15) is 0 Å². The summed E-state index contributed by atoms with van der Waals surface area (Å²) in [6.45, 7) is 18.8. The Morgan fingerprint density at radius 2 is 1.13 bits per heavy atom. The second kappa shape index (κ2) is 12.1. The lowest BCUT2D eigenvalue weighted by Gasteiger charge is -2.27. The van der Waals surface area contributed by atoms with E-state index < -0.39 is 0 Å². The number of carbonyl (C=O) groups is 2. The first kappa shape index (κ1) is 27.0. The molecular formula is C26H48O4. The Kier molecular flexibility index (Phi) is 10.9. The number of ether oxygens (including phenoxy) is 2. The van der Waals surface area contributed by atoms with E-state index in [-0.39, 0.29) is 23.8 Å². The van der Waals surface area contributed by atoms with Gasteiger partial charge in [0.1, 0.15) is 0 Å². The fourth-order valence-corrected chi connectivity index (χ4v) is 4.87. The maximum atomic E-state index is 12.5. The molecule has 30 heavy (non-hydrogen) atoms. The minimum atomic E-state index is -0.158. The third-order valence-corrected chi connectivity index (χ3v) is 5.97. The Morgan fingerprint density at radius 3 is 1.47 bits per heavy atom. The first-order valence-corrected chi connectivity index (χ1v) is 12.1. The van der Waals surface area contributed by atoms with Gasteiger partial charge in [0.2, 0.25) is 0 Å². The summed E-state index contributed by atoms with van der Waals surface area (Å²) >= 11 is 0. The monoisotopic (exact) mass is 424 g/mol. The first-order valence-electron chi connectivity index (χ1n) is 12.1. The van der Waals surface area contributed by atoms with E-state index in [0.29, 0.717) is 42.3 Å². The predicted octanol–water partition coefficient (Wildman–Crippen LogP) is 6.80. The molecule has 0 aromatic heterocycles. The van der Waals surface area contributed by atoms with Gasteiger partial charge in [0.15, 0.2) is 0 Å². The van der Waals surface area contributed by atoms with Gasteiger partial charge in [0.25, 0.3) is 0 Å². The van der Waals surface area contributed by atoms with E-state index in [2.05, 4.69) is 55.4 Å². The SMILES string of the molecule is CC(CCOC(=O)C1CCCC(C(=O)OCCC(C)CC(C)(C)C)C1)CC(C)(C)C. The van der Waals surface area contributed by atoms with E-state index in [1.165, 1.54) is 0 Å². The van der Waals surface area contributed by atoms with Crippen LogP contribution in [0.4, 0.5) is 0 Å². The Bertz CT molecular complexity index is 480. The van der Waals surface area contributed by atoms with Crippen molar-refractivity contribution in [1.82, 2.24) is 0 Å². The highest BCUT2D eigenvalue weighted by molar-refractivity contribution is 5.76. The Labute approximate surface area is 185 Å². The van der Waals surface area contributed by atoms with E-state index in [0.717, 1.165) is 44.9 Å². The van der Waals surface area contributed by atoms with Crippen molar-refractivity contribution in [3.05, 3.63) is 0 Å². The molecule has 1 fully saturated rings. The van der Waals surface area contributed by atoms with Crippen molar-refractivity contribution in [3.8, 4) is 0 Å². The fraction of sp³-hybridized carbons (Fsp3) is 0.923. The van der Waals surface area contributed by atoms with Crippen molar-refractivity contribution in [2.24, 2.45) is 34.5 Å². The predicted molar refractivity (Wildman–Crippen MR) is 123 cm³/mol. The van der Waals surface area contributed by atoms with Crippen LogP contribution in [-0.4, -0.2) is 25.2 Å². The van der Waals surface area contributed by atoms with Gasteiger partial charge in [-0.1, -0.05) is 61.8 Å². The van der Waals surface area contributed by atoms with Crippen LogP contribution < -0.4 is 0 Å². The van der Waals surface area contributed by atoms with Crippen molar-refractivity contribution in [3.63, 3.8) is 0 Å². The summed E-state index contributed by atoms with van der Waals surface area (Å²) in [6.07, 6.45) is 7.15. The highest BCUT2D eigenvalue weighted by Gasteiger charge is 2.33. The molecule has 1 aliphatic rings. The lowest BCUT2D eigenvalue weighted by molar-refractivity contribution is -0.155. The van der Waals surface area contributed by atoms with E-state index in [9.17, 15) is 9.59 Å². The molecule has 4 unspecified atom stereocenters. The average Bonchev–Trinajstić information content (AvgIpc) is 2.58. The Morgan fingerprint density at radius 1 is 0.767 bits per heavy atom. The zero-order chi connectivity index (χ0) is 22.9. The minimum Gasteiger partial charge on any atom is -0.465 e. The summed E-state index contributed by atoms with van der Waals surface area (Å²) in [6, 6.07) is 0. The molecule has 1 saturated carbocycles. The number of esters is 2. The smallest absolute Gasteiger partial charge is 0.308 e. The second-order valence-electron chi connectivity index (χ2n) is 12.2. The largest absolute Gasteiger partial charge is 0.465 e. The van der Waals surface area contributed by atoms with E-state index in [1.807, 2.05) is 0 Å². The van der Waals surface area contributed by atoms with Crippen LogP contribution in [-0.2, 0) is 19.1 Å². The molecule has 4 atom stereocenters. The van der Waals surface area contributed by atoms with Gasteiger partial charge in [-0.25, -0.2) is 0 Å². The van der Waals surface area contributed by atoms with Gasteiger partial charge in [-0.3, -0.25) is 9.59 Å². The maximum absolute atomic E-state index is 12.5. The maximum Gasteiger partial charge on any atom is 0.308 e. The van der Waals surface area contributed by atoms with Crippen molar-refractivity contribution in [1.29, 1.82) is 0 Å². The van der Waals surface area contributed by atoms with Crippen LogP contribution in [0.3, 0.4) is 0 Å². The second-order valence-corrected chi connectivity index (χ2v) is 12.2. The van der Waals surface area contributed by atoms with Gasteiger partial charge in [0, 0.05) is 0 Å². The molecule has 0 aromatic carbocycles. The molecule has 1 aliphatic carbocycles.